The minimum absolute atomic E-state index is 0.180. The largest absolute Gasteiger partial charge is 0.468 e. The Morgan fingerprint density at radius 2 is 2.28 bits per heavy atom. The number of fused-ring (bicyclic) bond motifs is 1. The molecule has 0 bridgehead atoms. The molecule has 2 rings (SSSR count). The predicted molar refractivity (Wildman–Crippen MR) is 63.9 cm³/mol. The summed E-state index contributed by atoms with van der Waals surface area (Å²) < 4.78 is 17.9. The first-order valence-electron chi connectivity index (χ1n) is 5.01. The van der Waals surface area contributed by atoms with E-state index in [1.54, 1.807) is 0 Å². The highest BCUT2D eigenvalue weighted by molar-refractivity contribution is 7.20. The van der Waals surface area contributed by atoms with Crippen molar-refractivity contribution in [3.63, 3.8) is 0 Å². The van der Waals surface area contributed by atoms with Crippen molar-refractivity contribution in [1.29, 1.82) is 0 Å². The number of rotatable bonds is 3. The molecular weight excluding hydrogens is 259 g/mol. The van der Waals surface area contributed by atoms with Crippen LogP contribution in [0.1, 0.15) is 9.80 Å². The lowest BCUT2D eigenvalue weighted by atomic mass is 10.3. The summed E-state index contributed by atoms with van der Waals surface area (Å²) in [5.41, 5.74) is 0.546. The number of ether oxygens (including phenoxy) is 1. The van der Waals surface area contributed by atoms with Crippen LogP contribution in [0, 0.1) is 5.82 Å². The van der Waals surface area contributed by atoms with Crippen LogP contribution in [0.15, 0.2) is 18.2 Å². The lowest BCUT2D eigenvalue weighted by Gasteiger charge is -1.99. The lowest BCUT2D eigenvalue weighted by molar-refractivity contribution is -0.139. The van der Waals surface area contributed by atoms with E-state index in [-0.39, 0.29) is 17.4 Å². The molecule has 5 nitrogen and oxygen atoms in total. The number of hydrogen-bond acceptors (Lipinski definition) is 5. The molecule has 1 N–H and O–H groups in total. The molecule has 1 aromatic carbocycles. The zero-order chi connectivity index (χ0) is 13.1. The minimum atomic E-state index is -0.546. The molecule has 0 atom stereocenters. The van der Waals surface area contributed by atoms with Crippen LogP contribution >= 0.6 is 11.3 Å². The molecule has 0 fully saturated rings. The van der Waals surface area contributed by atoms with Gasteiger partial charge < -0.3 is 10.1 Å². The Morgan fingerprint density at radius 1 is 1.50 bits per heavy atom. The first-order valence-corrected chi connectivity index (χ1v) is 5.83. The highest BCUT2D eigenvalue weighted by Crippen LogP contribution is 2.22. The van der Waals surface area contributed by atoms with Crippen molar-refractivity contribution in [2.24, 2.45) is 0 Å². The van der Waals surface area contributed by atoms with Gasteiger partial charge in [-0.15, -0.1) is 11.3 Å². The maximum absolute atomic E-state index is 13.0. The van der Waals surface area contributed by atoms with Gasteiger partial charge in [-0.2, -0.15) is 0 Å². The van der Waals surface area contributed by atoms with Gasteiger partial charge in [-0.05, 0) is 18.2 Å². The summed E-state index contributed by atoms with van der Waals surface area (Å²) in [6.45, 7) is -0.223. The van der Waals surface area contributed by atoms with Crippen LogP contribution in [-0.2, 0) is 9.53 Å². The molecule has 1 amide bonds. The van der Waals surface area contributed by atoms with Crippen LogP contribution in [0.2, 0.25) is 0 Å². The van der Waals surface area contributed by atoms with Crippen LogP contribution in [-0.4, -0.2) is 30.5 Å². The van der Waals surface area contributed by atoms with Crippen molar-refractivity contribution < 1.29 is 18.7 Å². The highest BCUT2D eigenvalue weighted by atomic mass is 32.1. The van der Waals surface area contributed by atoms with E-state index in [2.05, 4.69) is 15.0 Å². The zero-order valence-electron chi connectivity index (χ0n) is 9.40. The normalized spacial score (nSPS) is 10.3. The maximum atomic E-state index is 13.0. The molecule has 1 heterocycles. The van der Waals surface area contributed by atoms with Crippen LogP contribution in [0.5, 0.6) is 0 Å². The molecule has 0 saturated heterocycles. The quantitative estimate of drug-likeness (QED) is 0.853. The van der Waals surface area contributed by atoms with Crippen molar-refractivity contribution >= 4 is 33.4 Å². The third kappa shape index (κ3) is 2.62. The van der Waals surface area contributed by atoms with Gasteiger partial charge in [0.15, 0.2) is 5.01 Å². The Hall–Kier alpha value is -2.02. The van der Waals surface area contributed by atoms with Crippen molar-refractivity contribution in [2.45, 2.75) is 0 Å². The van der Waals surface area contributed by atoms with Gasteiger partial charge in [-0.1, -0.05) is 0 Å². The fourth-order valence-electron chi connectivity index (χ4n) is 1.30. The van der Waals surface area contributed by atoms with Gasteiger partial charge in [0.25, 0.3) is 5.91 Å². The Balaban J connectivity index is 2.15. The number of esters is 1. The number of amides is 1. The Kier molecular flexibility index (Phi) is 3.52. The molecule has 7 heteroatoms. The SMILES string of the molecule is COC(=O)CNC(=O)c1nc2ccc(F)cc2s1. The average molecular weight is 268 g/mol. The lowest BCUT2D eigenvalue weighted by Crippen LogP contribution is -2.29. The van der Waals surface area contributed by atoms with E-state index in [0.29, 0.717) is 10.2 Å². The van der Waals surface area contributed by atoms with Gasteiger partial charge in [-0.25, -0.2) is 9.37 Å². The number of nitrogens with one attached hydrogen (secondary N) is 1. The molecule has 0 radical (unpaired) electrons. The van der Waals surface area contributed by atoms with E-state index in [1.807, 2.05) is 0 Å². The number of thiazole rings is 1. The van der Waals surface area contributed by atoms with E-state index >= 15 is 0 Å². The maximum Gasteiger partial charge on any atom is 0.325 e. The number of benzene rings is 1. The van der Waals surface area contributed by atoms with Gasteiger partial charge in [0, 0.05) is 0 Å². The molecule has 1 aromatic heterocycles. The number of methoxy groups -OCH3 is 1. The second kappa shape index (κ2) is 5.09. The van der Waals surface area contributed by atoms with E-state index in [4.69, 9.17) is 0 Å². The summed E-state index contributed by atoms with van der Waals surface area (Å²) in [4.78, 5) is 26.6. The Bertz CT molecular complexity index is 611. The minimum Gasteiger partial charge on any atom is -0.468 e. The topological polar surface area (TPSA) is 68.3 Å². The standard InChI is InChI=1S/C11H9FN2O3S/c1-17-9(15)5-13-10(16)11-14-7-3-2-6(12)4-8(7)18-11/h2-4H,5H2,1H3,(H,13,16). The molecule has 2 aromatic rings. The summed E-state index contributed by atoms with van der Waals surface area (Å²) in [5.74, 6) is -1.41. The molecule has 0 saturated carbocycles. The molecule has 18 heavy (non-hydrogen) atoms. The summed E-state index contributed by atoms with van der Waals surface area (Å²) in [6.07, 6.45) is 0. The zero-order valence-corrected chi connectivity index (χ0v) is 10.2. The van der Waals surface area contributed by atoms with Crippen molar-refractivity contribution in [3.8, 4) is 0 Å². The number of carbonyl (C=O) groups is 2. The fourth-order valence-corrected chi connectivity index (χ4v) is 2.20. The van der Waals surface area contributed by atoms with Crippen LogP contribution < -0.4 is 5.32 Å². The van der Waals surface area contributed by atoms with Gasteiger partial charge in [-0.3, -0.25) is 9.59 Å². The number of carbonyl (C=O) groups excluding carboxylic acids is 2. The van der Waals surface area contributed by atoms with Gasteiger partial charge in [0.1, 0.15) is 12.4 Å². The first kappa shape index (κ1) is 12.4. The van der Waals surface area contributed by atoms with E-state index in [9.17, 15) is 14.0 Å². The number of aromatic nitrogens is 1. The molecule has 0 unspecified atom stereocenters. The van der Waals surface area contributed by atoms with E-state index < -0.39 is 11.9 Å². The average Bonchev–Trinajstić information content (AvgIpc) is 2.78. The smallest absolute Gasteiger partial charge is 0.325 e. The highest BCUT2D eigenvalue weighted by Gasteiger charge is 2.13. The monoisotopic (exact) mass is 268 g/mol. The van der Waals surface area contributed by atoms with Gasteiger partial charge in [0.2, 0.25) is 0 Å². The van der Waals surface area contributed by atoms with E-state index in [1.165, 1.54) is 25.3 Å². The molecule has 0 spiro atoms. The van der Waals surface area contributed by atoms with Gasteiger partial charge in [0.05, 0.1) is 17.3 Å². The molecule has 0 aliphatic carbocycles. The predicted octanol–water partition coefficient (Wildman–Crippen LogP) is 1.34. The molecule has 0 aliphatic heterocycles. The second-order valence-electron chi connectivity index (χ2n) is 3.39. The first-order chi connectivity index (χ1) is 8.60. The molecule has 94 valence electrons. The number of nitrogens with zero attached hydrogens (tertiary/aromatic N) is 1. The Labute approximate surface area is 106 Å². The summed E-state index contributed by atoms with van der Waals surface area (Å²) in [7, 11) is 1.23. The fraction of sp³-hybridized carbons (Fsp3) is 0.182. The van der Waals surface area contributed by atoms with E-state index in [0.717, 1.165) is 11.3 Å². The Morgan fingerprint density at radius 3 is 3.00 bits per heavy atom. The molecular formula is C11H9FN2O3S. The summed E-state index contributed by atoms with van der Waals surface area (Å²) >= 11 is 1.06. The van der Waals surface area contributed by atoms with Gasteiger partial charge >= 0.3 is 5.97 Å². The third-order valence-corrected chi connectivity index (χ3v) is 3.18. The van der Waals surface area contributed by atoms with Crippen molar-refractivity contribution in [2.75, 3.05) is 13.7 Å². The van der Waals surface area contributed by atoms with Crippen LogP contribution in [0.4, 0.5) is 4.39 Å². The van der Waals surface area contributed by atoms with Crippen LogP contribution in [0.25, 0.3) is 10.2 Å². The summed E-state index contributed by atoms with van der Waals surface area (Å²) in [6, 6.07) is 4.08. The number of halogens is 1. The third-order valence-electron chi connectivity index (χ3n) is 2.17. The van der Waals surface area contributed by atoms with Crippen molar-refractivity contribution in [1.82, 2.24) is 10.3 Å². The summed E-state index contributed by atoms with van der Waals surface area (Å²) in [5, 5.41) is 2.55. The van der Waals surface area contributed by atoms with Crippen LogP contribution in [0.3, 0.4) is 0 Å². The second-order valence-corrected chi connectivity index (χ2v) is 4.42. The molecule has 0 aliphatic rings. The van der Waals surface area contributed by atoms with Crippen molar-refractivity contribution in [3.05, 3.63) is 29.0 Å². The number of hydrogen-bond donors (Lipinski definition) is 1.